The van der Waals surface area contributed by atoms with E-state index >= 15 is 0 Å². The highest BCUT2D eigenvalue weighted by Gasteiger charge is 2.27. The Balaban J connectivity index is 1.80. The molecule has 1 aromatic heterocycles. The summed E-state index contributed by atoms with van der Waals surface area (Å²) in [5.41, 5.74) is 0.274. The number of carbonyl (C=O) groups is 1. The second-order valence-electron chi connectivity index (χ2n) is 5.17. The molecule has 1 saturated heterocycles. The van der Waals surface area contributed by atoms with Crippen molar-refractivity contribution in [2.24, 2.45) is 0 Å². The largest absolute Gasteiger partial charge is 0.296 e. The van der Waals surface area contributed by atoms with E-state index in [9.17, 15) is 13.2 Å². The van der Waals surface area contributed by atoms with E-state index in [0.29, 0.717) is 18.2 Å². The second-order valence-corrected chi connectivity index (χ2v) is 9.14. The van der Waals surface area contributed by atoms with Crippen molar-refractivity contribution < 1.29 is 13.2 Å². The van der Waals surface area contributed by atoms with Crippen LogP contribution >= 0.6 is 23.1 Å². The van der Waals surface area contributed by atoms with Crippen molar-refractivity contribution in [3.05, 3.63) is 29.8 Å². The first-order valence-corrected chi connectivity index (χ1v) is 10.8. The Bertz CT molecular complexity index is 844. The number of sulfonamides is 1. The summed E-state index contributed by atoms with van der Waals surface area (Å²) in [4.78, 5) is 12.5. The van der Waals surface area contributed by atoms with Gasteiger partial charge in [-0.2, -0.15) is 4.31 Å². The van der Waals surface area contributed by atoms with Gasteiger partial charge in [0.15, 0.2) is 4.34 Å². The zero-order valence-corrected chi connectivity index (χ0v) is 15.4. The van der Waals surface area contributed by atoms with Crippen molar-refractivity contribution in [2.75, 3.05) is 24.7 Å². The van der Waals surface area contributed by atoms with Gasteiger partial charge < -0.3 is 0 Å². The number of nitrogens with zero attached hydrogens (tertiary/aromatic N) is 3. The number of aromatic nitrogens is 2. The molecule has 1 aromatic carbocycles. The fraction of sp³-hybridized carbons (Fsp3) is 0.357. The summed E-state index contributed by atoms with van der Waals surface area (Å²) >= 11 is 2.71. The molecule has 2 aromatic rings. The first-order valence-electron chi connectivity index (χ1n) is 7.30. The standard InChI is InChI=1S/C14H16N4O3S3/c1-22-14-17-16-13(23-14)15-12(19)10-5-4-6-11(9-10)24(20,21)18-7-2-3-8-18/h4-6,9H,2-3,7-8H2,1H3,(H,15,16,19). The van der Waals surface area contributed by atoms with Gasteiger partial charge in [0.1, 0.15) is 0 Å². The van der Waals surface area contributed by atoms with Gasteiger partial charge in [0.25, 0.3) is 5.91 Å². The maximum Gasteiger partial charge on any atom is 0.257 e. The normalized spacial score (nSPS) is 15.5. The van der Waals surface area contributed by atoms with Crippen LogP contribution in [0.1, 0.15) is 23.2 Å². The Hall–Kier alpha value is -1.49. The fourth-order valence-electron chi connectivity index (χ4n) is 2.39. The molecule has 128 valence electrons. The lowest BCUT2D eigenvalue weighted by atomic mass is 10.2. The van der Waals surface area contributed by atoms with Crippen LogP contribution in [0, 0.1) is 0 Å². The van der Waals surface area contributed by atoms with Gasteiger partial charge in [0, 0.05) is 18.7 Å². The maximum atomic E-state index is 12.6. The Morgan fingerprint density at radius 1 is 1.29 bits per heavy atom. The van der Waals surface area contributed by atoms with Crippen molar-refractivity contribution in [3.63, 3.8) is 0 Å². The van der Waals surface area contributed by atoms with E-state index in [0.717, 1.165) is 17.2 Å². The first-order chi connectivity index (χ1) is 11.5. The van der Waals surface area contributed by atoms with Crippen LogP contribution in [0.25, 0.3) is 0 Å². The van der Waals surface area contributed by atoms with E-state index in [1.807, 2.05) is 6.26 Å². The molecule has 2 heterocycles. The second kappa shape index (κ2) is 7.18. The molecule has 0 atom stereocenters. The van der Waals surface area contributed by atoms with Crippen molar-refractivity contribution in [1.29, 1.82) is 0 Å². The van der Waals surface area contributed by atoms with Crippen molar-refractivity contribution >= 4 is 44.2 Å². The van der Waals surface area contributed by atoms with Gasteiger partial charge in [-0.1, -0.05) is 29.2 Å². The Kier molecular flexibility index (Phi) is 5.18. The quantitative estimate of drug-likeness (QED) is 0.628. The summed E-state index contributed by atoms with van der Waals surface area (Å²) in [7, 11) is -3.54. The zero-order chi connectivity index (χ0) is 17.2. The van der Waals surface area contributed by atoms with E-state index in [1.165, 1.54) is 39.5 Å². The number of amides is 1. The van der Waals surface area contributed by atoms with Gasteiger partial charge in [-0.3, -0.25) is 10.1 Å². The van der Waals surface area contributed by atoms with Crippen LogP contribution in [-0.2, 0) is 10.0 Å². The van der Waals surface area contributed by atoms with Gasteiger partial charge in [0.2, 0.25) is 15.2 Å². The third kappa shape index (κ3) is 3.61. The van der Waals surface area contributed by atoms with Crippen LogP contribution in [0.15, 0.2) is 33.5 Å². The molecule has 3 rings (SSSR count). The lowest BCUT2D eigenvalue weighted by Crippen LogP contribution is -2.28. The van der Waals surface area contributed by atoms with Crippen LogP contribution in [0.4, 0.5) is 5.13 Å². The highest BCUT2D eigenvalue weighted by molar-refractivity contribution is 8.00. The number of hydrogen-bond acceptors (Lipinski definition) is 7. The maximum absolute atomic E-state index is 12.6. The van der Waals surface area contributed by atoms with E-state index in [2.05, 4.69) is 15.5 Å². The fourth-order valence-corrected chi connectivity index (χ4v) is 5.12. The third-order valence-corrected chi connectivity index (χ3v) is 7.31. The molecule has 0 saturated carbocycles. The van der Waals surface area contributed by atoms with Crippen molar-refractivity contribution in [1.82, 2.24) is 14.5 Å². The topological polar surface area (TPSA) is 92.3 Å². The number of thioether (sulfide) groups is 1. The number of carbonyl (C=O) groups excluding carboxylic acids is 1. The molecule has 0 radical (unpaired) electrons. The monoisotopic (exact) mass is 384 g/mol. The molecule has 0 spiro atoms. The van der Waals surface area contributed by atoms with E-state index in [4.69, 9.17) is 0 Å². The molecule has 7 nitrogen and oxygen atoms in total. The average Bonchev–Trinajstić information content (AvgIpc) is 3.27. The minimum atomic E-state index is -3.54. The molecule has 0 unspecified atom stereocenters. The average molecular weight is 385 g/mol. The number of anilines is 1. The van der Waals surface area contributed by atoms with Gasteiger partial charge in [-0.15, -0.1) is 10.2 Å². The molecule has 1 fully saturated rings. The Morgan fingerprint density at radius 3 is 2.71 bits per heavy atom. The predicted molar refractivity (Wildman–Crippen MR) is 94.1 cm³/mol. The molecule has 1 aliphatic heterocycles. The van der Waals surface area contributed by atoms with Crippen LogP contribution in [0.2, 0.25) is 0 Å². The van der Waals surface area contributed by atoms with E-state index in [1.54, 1.807) is 12.1 Å². The molecule has 10 heteroatoms. The lowest BCUT2D eigenvalue weighted by molar-refractivity contribution is 0.102. The lowest BCUT2D eigenvalue weighted by Gasteiger charge is -2.15. The van der Waals surface area contributed by atoms with Gasteiger partial charge >= 0.3 is 0 Å². The van der Waals surface area contributed by atoms with Gasteiger partial charge in [0.05, 0.1) is 4.90 Å². The number of nitrogens with one attached hydrogen (secondary N) is 1. The van der Waals surface area contributed by atoms with Gasteiger partial charge in [-0.05, 0) is 37.3 Å². The number of hydrogen-bond donors (Lipinski definition) is 1. The number of rotatable bonds is 5. The highest BCUT2D eigenvalue weighted by atomic mass is 32.2. The molecular weight excluding hydrogens is 368 g/mol. The summed E-state index contributed by atoms with van der Waals surface area (Å²) in [6.07, 6.45) is 3.61. The third-order valence-electron chi connectivity index (χ3n) is 3.60. The zero-order valence-electron chi connectivity index (χ0n) is 12.9. The molecule has 1 amide bonds. The minimum Gasteiger partial charge on any atom is -0.296 e. The van der Waals surface area contributed by atoms with E-state index in [-0.39, 0.29) is 10.5 Å². The van der Waals surface area contributed by atoms with Crippen LogP contribution in [0.3, 0.4) is 0 Å². The molecule has 0 bridgehead atoms. The molecular formula is C14H16N4O3S3. The molecule has 1 aliphatic rings. The van der Waals surface area contributed by atoms with Crippen LogP contribution < -0.4 is 5.32 Å². The summed E-state index contributed by atoms with van der Waals surface area (Å²) < 4.78 is 27.4. The summed E-state index contributed by atoms with van der Waals surface area (Å²) in [6, 6.07) is 6.07. The summed E-state index contributed by atoms with van der Waals surface area (Å²) in [5, 5.41) is 10.8. The van der Waals surface area contributed by atoms with Crippen LogP contribution in [0.5, 0.6) is 0 Å². The van der Waals surface area contributed by atoms with Crippen molar-refractivity contribution in [3.8, 4) is 0 Å². The van der Waals surface area contributed by atoms with Crippen LogP contribution in [-0.4, -0.2) is 48.2 Å². The summed E-state index contributed by atoms with van der Waals surface area (Å²) in [6.45, 7) is 1.06. The van der Waals surface area contributed by atoms with Crippen molar-refractivity contribution in [2.45, 2.75) is 22.1 Å². The highest BCUT2D eigenvalue weighted by Crippen LogP contribution is 2.24. The summed E-state index contributed by atoms with van der Waals surface area (Å²) in [5.74, 6) is -0.405. The Morgan fingerprint density at radius 2 is 2.04 bits per heavy atom. The van der Waals surface area contributed by atoms with Gasteiger partial charge in [-0.25, -0.2) is 8.42 Å². The Labute approximate surface area is 148 Å². The molecule has 24 heavy (non-hydrogen) atoms. The predicted octanol–water partition coefficient (Wildman–Crippen LogP) is 2.30. The first kappa shape index (κ1) is 17.3. The van der Waals surface area contributed by atoms with E-state index < -0.39 is 15.9 Å². The smallest absolute Gasteiger partial charge is 0.257 e. The SMILES string of the molecule is CSc1nnc(NC(=O)c2cccc(S(=O)(=O)N3CCCC3)c2)s1. The minimum absolute atomic E-state index is 0.138. The molecule has 0 aliphatic carbocycles. The molecule has 1 N–H and O–H groups in total. The number of benzene rings is 1.